The van der Waals surface area contributed by atoms with Crippen LogP contribution in [0.5, 0.6) is 0 Å². The SMILES string of the molecule is N=C1CCC[C@@H]1C(=S)SCCC(N)=O. The van der Waals surface area contributed by atoms with Gasteiger partial charge in [0.2, 0.25) is 5.91 Å². The monoisotopic (exact) mass is 230 g/mol. The Labute approximate surface area is 93.3 Å². The lowest BCUT2D eigenvalue weighted by atomic mass is 10.1. The Balaban J connectivity index is 2.27. The van der Waals surface area contributed by atoms with E-state index in [1.165, 1.54) is 11.8 Å². The number of carbonyl (C=O) groups excluding carboxylic acids is 1. The molecule has 1 fully saturated rings. The highest BCUT2D eigenvalue weighted by molar-refractivity contribution is 8.23. The van der Waals surface area contributed by atoms with E-state index in [-0.39, 0.29) is 11.8 Å². The summed E-state index contributed by atoms with van der Waals surface area (Å²) in [6.45, 7) is 0. The van der Waals surface area contributed by atoms with Gasteiger partial charge in [-0.25, -0.2) is 0 Å². The molecule has 1 saturated carbocycles. The molecule has 0 aliphatic heterocycles. The van der Waals surface area contributed by atoms with E-state index in [4.69, 9.17) is 23.4 Å². The molecule has 0 heterocycles. The fourth-order valence-electron chi connectivity index (χ4n) is 1.46. The molecule has 0 aromatic carbocycles. The smallest absolute Gasteiger partial charge is 0.218 e. The Morgan fingerprint density at radius 2 is 2.43 bits per heavy atom. The van der Waals surface area contributed by atoms with Crippen molar-refractivity contribution in [2.75, 3.05) is 5.75 Å². The summed E-state index contributed by atoms with van der Waals surface area (Å²) in [5.74, 6) is 0.530. The zero-order chi connectivity index (χ0) is 10.6. The lowest BCUT2D eigenvalue weighted by molar-refractivity contribution is -0.117. The molecule has 0 saturated heterocycles. The van der Waals surface area contributed by atoms with E-state index in [0.717, 1.165) is 29.2 Å². The third-order valence-corrected chi connectivity index (χ3v) is 3.85. The topological polar surface area (TPSA) is 66.9 Å². The van der Waals surface area contributed by atoms with Crippen LogP contribution in [0.2, 0.25) is 0 Å². The molecule has 3 N–H and O–H groups in total. The molecule has 0 bridgehead atoms. The summed E-state index contributed by atoms with van der Waals surface area (Å²) in [6.07, 6.45) is 3.31. The fraction of sp³-hybridized carbons (Fsp3) is 0.667. The number of amides is 1. The van der Waals surface area contributed by atoms with E-state index < -0.39 is 0 Å². The minimum atomic E-state index is -0.290. The molecule has 0 aromatic rings. The van der Waals surface area contributed by atoms with Gasteiger partial charge in [-0.15, -0.1) is 11.8 Å². The number of rotatable bonds is 4. The maximum absolute atomic E-state index is 10.5. The molecule has 0 spiro atoms. The summed E-state index contributed by atoms with van der Waals surface area (Å²) in [5, 5.41) is 7.66. The summed E-state index contributed by atoms with van der Waals surface area (Å²) in [5.41, 5.74) is 5.77. The molecule has 1 aliphatic carbocycles. The van der Waals surface area contributed by atoms with Crippen LogP contribution in [0.4, 0.5) is 0 Å². The molecule has 0 radical (unpaired) electrons. The Morgan fingerprint density at radius 1 is 1.71 bits per heavy atom. The van der Waals surface area contributed by atoms with Crippen LogP contribution in [0.15, 0.2) is 0 Å². The number of thioether (sulfide) groups is 1. The highest BCUT2D eigenvalue weighted by Gasteiger charge is 2.24. The minimum Gasteiger partial charge on any atom is -0.370 e. The first-order valence-electron chi connectivity index (χ1n) is 4.63. The maximum Gasteiger partial charge on any atom is 0.218 e. The molecule has 78 valence electrons. The average molecular weight is 230 g/mol. The molecule has 0 unspecified atom stereocenters. The molecule has 1 amide bonds. The van der Waals surface area contributed by atoms with Crippen molar-refractivity contribution in [3.05, 3.63) is 0 Å². The van der Waals surface area contributed by atoms with Crippen molar-refractivity contribution in [2.45, 2.75) is 25.7 Å². The van der Waals surface area contributed by atoms with Crippen LogP contribution < -0.4 is 5.73 Å². The van der Waals surface area contributed by atoms with Crippen molar-refractivity contribution in [3.8, 4) is 0 Å². The number of thiocarbonyl (C=S) groups is 1. The Bertz CT molecular complexity index is 266. The highest BCUT2D eigenvalue weighted by Crippen LogP contribution is 2.28. The third kappa shape index (κ3) is 3.38. The van der Waals surface area contributed by atoms with E-state index in [1.54, 1.807) is 0 Å². The average Bonchev–Trinajstić information content (AvgIpc) is 2.50. The fourth-order valence-corrected chi connectivity index (χ4v) is 2.93. The molecule has 5 heteroatoms. The van der Waals surface area contributed by atoms with E-state index in [0.29, 0.717) is 12.2 Å². The highest BCUT2D eigenvalue weighted by atomic mass is 32.2. The second kappa shape index (κ2) is 5.46. The predicted octanol–water partition coefficient (Wildman–Crippen LogP) is 1.74. The summed E-state index contributed by atoms with van der Waals surface area (Å²) in [6, 6.07) is 0. The van der Waals surface area contributed by atoms with Crippen LogP contribution in [-0.2, 0) is 4.79 Å². The van der Waals surface area contributed by atoms with Crippen molar-refractivity contribution in [1.29, 1.82) is 5.41 Å². The van der Waals surface area contributed by atoms with Crippen LogP contribution in [0.3, 0.4) is 0 Å². The van der Waals surface area contributed by atoms with E-state index in [2.05, 4.69) is 0 Å². The first-order chi connectivity index (χ1) is 6.61. The summed E-state index contributed by atoms with van der Waals surface area (Å²) in [4.78, 5) is 10.5. The number of nitrogens with two attached hydrogens (primary N) is 1. The van der Waals surface area contributed by atoms with Gasteiger partial charge >= 0.3 is 0 Å². The van der Waals surface area contributed by atoms with E-state index in [9.17, 15) is 4.79 Å². The lowest BCUT2D eigenvalue weighted by Gasteiger charge is -2.10. The van der Waals surface area contributed by atoms with Crippen LogP contribution >= 0.6 is 24.0 Å². The van der Waals surface area contributed by atoms with Crippen molar-refractivity contribution >= 4 is 39.8 Å². The quantitative estimate of drug-likeness (QED) is 0.723. The molecule has 3 nitrogen and oxygen atoms in total. The lowest BCUT2D eigenvalue weighted by Crippen LogP contribution is -2.15. The van der Waals surface area contributed by atoms with Gasteiger partial charge in [-0.05, 0) is 19.3 Å². The number of nitrogens with one attached hydrogen (secondary N) is 1. The molecule has 1 atom stereocenters. The first kappa shape index (κ1) is 11.7. The third-order valence-electron chi connectivity index (χ3n) is 2.24. The Hall–Kier alpha value is -0.420. The molecule has 1 aliphatic rings. The molecule has 0 aromatic heterocycles. The predicted molar refractivity (Wildman–Crippen MR) is 63.9 cm³/mol. The molecular formula is C9H14N2OS2. The van der Waals surface area contributed by atoms with Gasteiger partial charge in [0.1, 0.15) is 0 Å². The summed E-state index contributed by atoms with van der Waals surface area (Å²) < 4.78 is 0.855. The molecule has 14 heavy (non-hydrogen) atoms. The van der Waals surface area contributed by atoms with Crippen molar-refractivity contribution in [3.63, 3.8) is 0 Å². The van der Waals surface area contributed by atoms with Crippen molar-refractivity contribution in [1.82, 2.24) is 0 Å². The van der Waals surface area contributed by atoms with Gasteiger partial charge in [-0.3, -0.25) is 4.79 Å². The van der Waals surface area contributed by atoms with Crippen molar-refractivity contribution < 1.29 is 4.79 Å². The van der Waals surface area contributed by atoms with Crippen LogP contribution in [0, 0.1) is 11.3 Å². The van der Waals surface area contributed by atoms with E-state index in [1.807, 2.05) is 0 Å². The Morgan fingerprint density at radius 3 is 2.93 bits per heavy atom. The largest absolute Gasteiger partial charge is 0.370 e. The maximum atomic E-state index is 10.5. The zero-order valence-corrected chi connectivity index (χ0v) is 9.55. The van der Waals surface area contributed by atoms with Crippen LogP contribution in [0.1, 0.15) is 25.7 Å². The van der Waals surface area contributed by atoms with Crippen LogP contribution in [-0.4, -0.2) is 21.6 Å². The summed E-state index contributed by atoms with van der Waals surface area (Å²) >= 11 is 6.71. The normalized spacial score (nSPS) is 21.1. The van der Waals surface area contributed by atoms with Gasteiger partial charge in [0.25, 0.3) is 0 Å². The van der Waals surface area contributed by atoms with Gasteiger partial charge in [0.05, 0.1) is 4.20 Å². The van der Waals surface area contributed by atoms with Crippen molar-refractivity contribution in [2.24, 2.45) is 11.7 Å². The number of hydrogen-bond donors (Lipinski definition) is 2. The Kier molecular flexibility index (Phi) is 4.54. The van der Waals surface area contributed by atoms with Gasteiger partial charge in [0, 0.05) is 23.8 Å². The molecular weight excluding hydrogens is 216 g/mol. The number of carbonyl (C=O) groups is 1. The number of hydrogen-bond acceptors (Lipinski definition) is 4. The van der Waals surface area contributed by atoms with Gasteiger partial charge < -0.3 is 11.1 Å². The first-order valence-corrected chi connectivity index (χ1v) is 6.03. The summed E-state index contributed by atoms with van der Waals surface area (Å²) in [7, 11) is 0. The van der Waals surface area contributed by atoms with Gasteiger partial charge in [-0.1, -0.05) is 12.2 Å². The van der Waals surface area contributed by atoms with Gasteiger partial charge in [0.15, 0.2) is 0 Å². The second-order valence-electron chi connectivity index (χ2n) is 3.35. The second-order valence-corrected chi connectivity index (χ2v) is 5.19. The molecule has 1 rings (SSSR count). The van der Waals surface area contributed by atoms with E-state index >= 15 is 0 Å². The van der Waals surface area contributed by atoms with Crippen LogP contribution in [0.25, 0.3) is 0 Å². The van der Waals surface area contributed by atoms with Gasteiger partial charge in [-0.2, -0.15) is 0 Å². The zero-order valence-electron chi connectivity index (χ0n) is 7.91. The minimum absolute atomic E-state index is 0.169. The number of primary amides is 1. The standard InChI is InChI=1S/C9H14N2OS2/c10-7-3-1-2-6(7)9(13)14-5-4-8(11)12/h6,10H,1-5H2,(H2,11,12)/t6-/m0/s1.